The van der Waals surface area contributed by atoms with Crippen molar-refractivity contribution >= 4 is 0 Å². The molecule has 0 radical (unpaired) electrons. The highest BCUT2D eigenvalue weighted by atomic mass is 16.5. The second-order valence-corrected chi connectivity index (χ2v) is 8.40. The predicted molar refractivity (Wildman–Crippen MR) is 106 cm³/mol. The van der Waals surface area contributed by atoms with Crippen molar-refractivity contribution in [1.29, 1.82) is 0 Å². The van der Waals surface area contributed by atoms with E-state index in [4.69, 9.17) is 4.74 Å². The summed E-state index contributed by atoms with van der Waals surface area (Å²) >= 11 is 0. The van der Waals surface area contributed by atoms with E-state index in [-0.39, 0.29) is 5.41 Å². The average Bonchev–Trinajstić information content (AvgIpc) is 3.09. The molecule has 2 rings (SSSR count). The number of rotatable bonds is 10. The van der Waals surface area contributed by atoms with Crippen LogP contribution in [0.25, 0.3) is 0 Å². The number of hydrogen-bond acceptors (Lipinski definition) is 2. The summed E-state index contributed by atoms with van der Waals surface area (Å²) in [6, 6.07) is 0. The van der Waals surface area contributed by atoms with Crippen LogP contribution in [0, 0.1) is 17.3 Å². The SMILES string of the molecule is CCCCCCCC=C[C@@H]1CCC(C)(C)[C@H](OC)[C@H]1Cn1ccnc1. The number of methoxy groups -OCH3 is 1. The maximum absolute atomic E-state index is 6.00. The number of imidazole rings is 1. The van der Waals surface area contributed by atoms with Gasteiger partial charge in [-0.15, -0.1) is 0 Å². The zero-order valence-electron chi connectivity index (χ0n) is 16.8. The first-order valence-electron chi connectivity index (χ1n) is 10.2. The third kappa shape index (κ3) is 5.99. The van der Waals surface area contributed by atoms with Crippen LogP contribution in [0.15, 0.2) is 30.9 Å². The van der Waals surface area contributed by atoms with Gasteiger partial charge in [0.05, 0.1) is 12.4 Å². The van der Waals surface area contributed by atoms with E-state index in [1.165, 1.54) is 51.4 Å². The summed E-state index contributed by atoms with van der Waals surface area (Å²) in [4.78, 5) is 4.22. The molecule has 0 aromatic carbocycles. The summed E-state index contributed by atoms with van der Waals surface area (Å²) in [7, 11) is 1.88. The molecule has 0 N–H and O–H groups in total. The van der Waals surface area contributed by atoms with Crippen molar-refractivity contribution in [3.8, 4) is 0 Å². The molecule has 25 heavy (non-hydrogen) atoms. The van der Waals surface area contributed by atoms with Gasteiger partial charge in [0, 0.05) is 32.0 Å². The fraction of sp³-hybridized carbons (Fsp3) is 0.773. The summed E-state index contributed by atoms with van der Waals surface area (Å²) in [6.07, 6.45) is 21.6. The molecule has 0 unspecified atom stereocenters. The molecule has 0 bridgehead atoms. The Kier molecular flexibility index (Phi) is 8.21. The van der Waals surface area contributed by atoms with Crippen LogP contribution >= 0.6 is 0 Å². The zero-order valence-corrected chi connectivity index (χ0v) is 16.8. The molecule has 1 aliphatic rings. The minimum Gasteiger partial charge on any atom is -0.381 e. The monoisotopic (exact) mass is 346 g/mol. The van der Waals surface area contributed by atoms with Crippen molar-refractivity contribution < 1.29 is 4.74 Å². The topological polar surface area (TPSA) is 27.1 Å². The molecule has 3 heteroatoms. The van der Waals surface area contributed by atoms with Crippen LogP contribution in [0.3, 0.4) is 0 Å². The zero-order chi connectivity index (χ0) is 18.1. The molecule has 1 aromatic rings. The minimum atomic E-state index is 0.241. The number of ether oxygens (including phenoxy) is 1. The molecule has 0 amide bonds. The van der Waals surface area contributed by atoms with Gasteiger partial charge in [-0.1, -0.05) is 58.6 Å². The molecule has 1 aromatic heterocycles. The van der Waals surface area contributed by atoms with Crippen molar-refractivity contribution in [1.82, 2.24) is 9.55 Å². The van der Waals surface area contributed by atoms with Gasteiger partial charge in [-0.3, -0.25) is 0 Å². The maximum atomic E-state index is 6.00. The van der Waals surface area contributed by atoms with Crippen LogP contribution in [0.1, 0.15) is 72.1 Å². The summed E-state index contributed by atoms with van der Waals surface area (Å²) in [5.41, 5.74) is 0.241. The Labute approximate surface area is 154 Å². The molecule has 0 spiro atoms. The van der Waals surface area contributed by atoms with Gasteiger partial charge in [-0.25, -0.2) is 4.98 Å². The molecule has 0 aliphatic heterocycles. The first-order valence-corrected chi connectivity index (χ1v) is 10.2. The van der Waals surface area contributed by atoms with Crippen LogP contribution in [0.5, 0.6) is 0 Å². The standard InChI is InChI=1S/C22H38N2O/c1-5-6-7-8-9-10-11-12-19-13-14-22(2,3)21(25-4)20(19)17-24-16-15-23-18-24/h11-12,15-16,18-21H,5-10,13-14,17H2,1-4H3/t19-,20+,21-/m1/s1. The summed E-state index contributed by atoms with van der Waals surface area (Å²) in [5.74, 6) is 1.12. The van der Waals surface area contributed by atoms with Gasteiger partial charge in [0.15, 0.2) is 0 Å². The minimum absolute atomic E-state index is 0.241. The van der Waals surface area contributed by atoms with E-state index < -0.39 is 0 Å². The van der Waals surface area contributed by atoms with E-state index >= 15 is 0 Å². The molecule has 142 valence electrons. The Bertz CT molecular complexity index is 492. The smallest absolute Gasteiger partial charge is 0.0946 e. The number of allylic oxidation sites excluding steroid dienone is 2. The number of unbranched alkanes of at least 4 members (excludes halogenated alkanes) is 5. The highest BCUT2D eigenvalue weighted by Crippen LogP contribution is 2.45. The van der Waals surface area contributed by atoms with Gasteiger partial charge in [-0.05, 0) is 37.0 Å². The Morgan fingerprint density at radius 3 is 2.72 bits per heavy atom. The molecule has 1 aliphatic carbocycles. The lowest BCUT2D eigenvalue weighted by Gasteiger charge is -2.46. The first kappa shape index (κ1) is 20.2. The molecule has 1 saturated carbocycles. The average molecular weight is 347 g/mol. The number of hydrogen-bond donors (Lipinski definition) is 0. The van der Waals surface area contributed by atoms with E-state index in [0.717, 1.165) is 6.54 Å². The quantitative estimate of drug-likeness (QED) is 0.391. The van der Waals surface area contributed by atoms with Gasteiger partial charge >= 0.3 is 0 Å². The molecule has 3 nitrogen and oxygen atoms in total. The highest BCUT2D eigenvalue weighted by molar-refractivity contribution is 5.01. The fourth-order valence-electron chi connectivity index (χ4n) is 4.44. The van der Waals surface area contributed by atoms with Crippen LogP contribution < -0.4 is 0 Å². The van der Waals surface area contributed by atoms with Crippen molar-refractivity contribution in [2.45, 2.75) is 84.8 Å². The van der Waals surface area contributed by atoms with Crippen molar-refractivity contribution in [2.24, 2.45) is 17.3 Å². The van der Waals surface area contributed by atoms with Crippen LogP contribution in [-0.4, -0.2) is 22.8 Å². The van der Waals surface area contributed by atoms with Gasteiger partial charge in [-0.2, -0.15) is 0 Å². The van der Waals surface area contributed by atoms with Crippen LogP contribution in [0.4, 0.5) is 0 Å². The third-order valence-corrected chi connectivity index (χ3v) is 5.92. The Balaban J connectivity index is 1.96. The Hall–Kier alpha value is -1.09. The second-order valence-electron chi connectivity index (χ2n) is 8.40. The number of aromatic nitrogens is 2. The van der Waals surface area contributed by atoms with Crippen molar-refractivity contribution in [3.05, 3.63) is 30.9 Å². The summed E-state index contributed by atoms with van der Waals surface area (Å²) in [6.45, 7) is 7.98. The lowest BCUT2D eigenvalue weighted by Crippen LogP contribution is -2.46. The predicted octanol–water partition coefficient (Wildman–Crippen LogP) is 5.87. The van der Waals surface area contributed by atoms with E-state index in [1.807, 2.05) is 19.6 Å². The van der Waals surface area contributed by atoms with E-state index in [2.05, 4.69) is 48.7 Å². The maximum Gasteiger partial charge on any atom is 0.0946 e. The molecule has 0 saturated heterocycles. The van der Waals surface area contributed by atoms with Gasteiger partial charge in [0.2, 0.25) is 0 Å². The lowest BCUT2D eigenvalue weighted by atomic mass is 9.64. The first-order chi connectivity index (χ1) is 12.1. The highest BCUT2D eigenvalue weighted by Gasteiger charge is 2.43. The largest absolute Gasteiger partial charge is 0.381 e. The van der Waals surface area contributed by atoms with E-state index in [9.17, 15) is 0 Å². The third-order valence-electron chi connectivity index (χ3n) is 5.92. The van der Waals surface area contributed by atoms with E-state index in [0.29, 0.717) is 17.9 Å². The van der Waals surface area contributed by atoms with Crippen LogP contribution in [0.2, 0.25) is 0 Å². The number of nitrogens with zero attached hydrogens (tertiary/aromatic N) is 2. The van der Waals surface area contributed by atoms with E-state index in [1.54, 1.807) is 0 Å². The summed E-state index contributed by atoms with van der Waals surface area (Å²) < 4.78 is 8.21. The molecule has 1 heterocycles. The van der Waals surface area contributed by atoms with Gasteiger partial charge in [0.25, 0.3) is 0 Å². The van der Waals surface area contributed by atoms with Crippen molar-refractivity contribution in [2.75, 3.05) is 7.11 Å². The Morgan fingerprint density at radius 1 is 1.24 bits per heavy atom. The Morgan fingerprint density at radius 2 is 2.04 bits per heavy atom. The van der Waals surface area contributed by atoms with Crippen molar-refractivity contribution in [3.63, 3.8) is 0 Å². The second kappa shape index (κ2) is 10.2. The molecule has 1 fully saturated rings. The fourth-order valence-corrected chi connectivity index (χ4v) is 4.44. The molecule has 3 atom stereocenters. The van der Waals surface area contributed by atoms with Crippen LogP contribution in [-0.2, 0) is 11.3 Å². The molecular formula is C22H38N2O. The lowest BCUT2D eigenvalue weighted by molar-refractivity contribution is -0.0818. The normalized spacial score (nSPS) is 26.3. The summed E-state index contributed by atoms with van der Waals surface area (Å²) in [5, 5.41) is 0. The van der Waals surface area contributed by atoms with Gasteiger partial charge < -0.3 is 9.30 Å². The van der Waals surface area contributed by atoms with Gasteiger partial charge in [0.1, 0.15) is 0 Å². The molecular weight excluding hydrogens is 308 g/mol.